The van der Waals surface area contributed by atoms with E-state index in [-0.39, 0.29) is 19.1 Å². The van der Waals surface area contributed by atoms with Crippen LogP contribution in [0.2, 0.25) is 0 Å². The lowest BCUT2D eigenvalue weighted by Crippen LogP contribution is -2.30. The molecule has 0 amide bonds. The highest BCUT2D eigenvalue weighted by Crippen LogP contribution is 1.96. The lowest BCUT2D eigenvalue weighted by atomic mass is 10.4. The van der Waals surface area contributed by atoms with E-state index in [4.69, 9.17) is 15.6 Å². The van der Waals surface area contributed by atoms with Crippen molar-refractivity contribution >= 4 is 0 Å². The summed E-state index contributed by atoms with van der Waals surface area (Å²) in [6.07, 6.45) is -0.710. The van der Waals surface area contributed by atoms with Gasteiger partial charge in [0.25, 0.3) is 0 Å². The molecule has 0 aliphatic carbocycles. The molecule has 3 N–H and O–H groups in total. The van der Waals surface area contributed by atoms with Crippen molar-refractivity contribution in [3.05, 3.63) is 0 Å². The molecule has 2 atom stereocenters. The number of rotatable bonds is 5. The van der Waals surface area contributed by atoms with Crippen molar-refractivity contribution in [1.29, 1.82) is 0 Å². The Morgan fingerprint density at radius 2 is 2.30 bits per heavy atom. The molecule has 0 heterocycles. The number of halogens is 1. The average Bonchev–Trinajstić information content (AvgIpc) is 1.88. The van der Waals surface area contributed by atoms with Gasteiger partial charge in [-0.25, -0.2) is 0 Å². The van der Waals surface area contributed by atoms with Crippen LogP contribution in [0, 0.1) is 0 Å². The molecule has 0 saturated heterocycles. The minimum Gasteiger partial charge on any atom is -0.394 e. The predicted molar refractivity (Wildman–Crippen MR) is 36.2 cm³/mol. The van der Waals surface area contributed by atoms with Gasteiger partial charge in [-0.2, -0.15) is 0 Å². The maximum Gasteiger partial charge on any atom is 0.108 e. The van der Waals surface area contributed by atoms with Gasteiger partial charge in [-0.3, -0.25) is 4.39 Å². The van der Waals surface area contributed by atoms with Crippen LogP contribution in [0.25, 0.3) is 0 Å². The first-order valence-corrected chi connectivity index (χ1v) is 3.28. The van der Waals surface area contributed by atoms with Crippen molar-refractivity contribution in [3.63, 3.8) is 0 Å². The minimum atomic E-state index is -0.591. The lowest BCUT2D eigenvalue weighted by Gasteiger charge is -2.15. The Kier molecular flexibility index (Phi) is 5.48. The van der Waals surface area contributed by atoms with Gasteiger partial charge in [-0.15, -0.1) is 0 Å². The third-order valence-electron chi connectivity index (χ3n) is 1.06. The number of aliphatic hydroxyl groups excluding tert-OH is 1. The molecule has 0 radical (unpaired) electrons. The van der Waals surface area contributed by atoms with Crippen LogP contribution in [0.1, 0.15) is 13.3 Å². The third-order valence-corrected chi connectivity index (χ3v) is 1.06. The zero-order chi connectivity index (χ0) is 7.98. The van der Waals surface area contributed by atoms with E-state index < -0.39 is 12.9 Å². The second kappa shape index (κ2) is 5.58. The first-order valence-electron chi connectivity index (χ1n) is 3.28. The van der Waals surface area contributed by atoms with E-state index in [2.05, 4.69) is 0 Å². The van der Waals surface area contributed by atoms with Gasteiger partial charge in [0.15, 0.2) is 0 Å². The van der Waals surface area contributed by atoms with Gasteiger partial charge in [-0.05, 0) is 6.92 Å². The first-order chi connectivity index (χ1) is 4.70. The van der Waals surface area contributed by atoms with Gasteiger partial charge >= 0.3 is 0 Å². The molecule has 0 aromatic heterocycles. The second-order valence-electron chi connectivity index (χ2n) is 2.15. The topological polar surface area (TPSA) is 55.5 Å². The van der Waals surface area contributed by atoms with Crippen molar-refractivity contribution in [1.82, 2.24) is 0 Å². The Bertz CT molecular complexity index is 82.1. The lowest BCUT2D eigenvalue weighted by molar-refractivity contribution is -0.0315. The summed E-state index contributed by atoms with van der Waals surface area (Å²) in [5.74, 6) is 0. The van der Waals surface area contributed by atoms with Gasteiger partial charge in [0, 0.05) is 6.42 Å². The molecule has 0 spiro atoms. The molecule has 0 aliphatic heterocycles. The van der Waals surface area contributed by atoms with E-state index >= 15 is 0 Å². The van der Waals surface area contributed by atoms with E-state index in [1.165, 1.54) is 0 Å². The average molecular weight is 151 g/mol. The van der Waals surface area contributed by atoms with Crippen LogP contribution in [0.5, 0.6) is 0 Å². The Labute approximate surface area is 60.0 Å². The summed E-state index contributed by atoms with van der Waals surface area (Å²) in [6.45, 7) is 1.11. The highest BCUT2D eigenvalue weighted by Gasteiger charge is 2.06. The number of nitrogens with two attached hydrogens (primary N) is 1. The number of alkyl halides is 1. The van der Waals surface area contributed by atoms with Crippen LogP contribution in [-0.4, -0.2) is 30.7 Å². The SMILES string of the molecule is CC(CO)OC(N)CCF. The summed E-state index contributed by atoms with van der Waals surface area (Å²) < 4.78 is 16.5. The Hall–Kier alpha value is -0.190. The standard InChI is InChI=1S/C6H14FNO2/c1-5(4-9)10-6(8)2-3-7/h5-6,9H,2-4,8H2,1H3. The van der Waals surface area contributed by atoms with Gasteiger partial charge in [0.05, 0.1) is 19.4 Å². The molecule has 0 saturated carbocycles. The normalized spacial score (nSPS) is 16.8. The maximum absolute atomic E-state index is 11.6. The Balaban J connectivity index is 3.27. The van der Waals surface area contributed by atoms with E-state index in [1.807, 2.05) is 0 Å². The molecule has 0 bridgehead atoms. The minimum absolute atomic E-state index is 0.0833. The molecule has 62 valence electrons. The van der Waals surface area contributed by atoms with E-state index in [0.29, 0.717) is 0 Å². The van der Waals surface area contributed by atoms with Crippen LogP contribution < -0.4 is 5.73 Å². The molecule has 0 aliphatic rings. The quantitative estimate of drug-likeness (QED) is 0.545. The molecule has 3 nitrogen and oxygen atoms in total. The van der Waals surface area contributed by atoms with Crippen molar-refractivity contribution in [2.75, 3.05) is 13.3 Å². The molecule has 0 rings (SSSR count). The highest BCUT2D eigenvalue weighted by molar-refractivity contribution is 4.51. The van der Waals surface area contributed by atoms with E-state index in [9.17, 15) is 4.39 Å². The van der Waals surface area contributed by atoms with Crippen molar-refractivity contribution in [2.24, 2.45) is 5.73 Å². The van der Waals surface area contributed by atoms with Crippen LogP contribution >= 0.6 is 0 Å². The van der Waals surface area contributed by atoms with Gasteiger partial charge in [0.1, 0.15) is 6.23 Å². The molecule has 4 heteroatoms. The zero-order valence-electron chi connectivity index (χ0n) is 6.09. The van der Waals surface area contributed by atoms with Crippen molar-refractivity contribution < 1.29 is 14.2 Å². The van der Waals surface area contributed by atoms with Gasteiger partial charge in [0.2, 0.25) is 0 Å². The summed E-state index contributed by atoms with van der Waals surface area (Å²) in [7, 11) is 0. The van der Waals surface area contributed by atoms with Crippen molar-refractivity contribution in [3.8, 4) is 0 Å². The van der Waals surface area contributed by atoms with E-state index in [1.54, 1.807) is 6.92 Å². The molecule has 10 heavy (non-hydrogen) atoms. The summed E-state index contributed by atoms with van der Waals surface area (Å²) in [5.41, 5.74) is 5.29. The van der Waals surface area contributed by atoms with Crippen LogP contribution in [0.4, 0.5) is 4.39 Å². The monoisotopic (exact) mass is 151 g/mol. The fourth-order valence-corrected chi connectivity index (χ4v) is 0.517. The molecule has 0 aromatic carbocycles. The van der Waals surface area contributed by atoms with E-state index in [0.717, 1.165) is 0 Å². The summed E-state index contributed by atoms with van der Waals surface area (Å²) in [5, 5.41) is 8.48. The Morgan fingerprint density at radius 1 is 1.70 bits per heavy atom. The smallest absolute Gasteiger partial charge is 0.108 e. The zero-order valence-corrected chi connectivity index (χ0v) is 6.09. The summed E-state index contributed by atoms with van der Waals surface area (Å²) >= 11 is 0. The molecular weight excluding hydrogens is 137 g/mol. The molecule has 2 unspecified atom stereocenters. The second-order valence-corrected chi connectivity index (χ2v) is 2.15. The fraction of sp³-hybridized carbons (Fsp3) is 1.00. The van der Waals surface area contributed by atoms with Gasteiger partial charge in [-0.1, -0.05) is 0 Å². The predicted octanol–water partition coefficient (Wildman–Crippen LogP) is 0.0282. The summed E-state index contributed by atoms with van der Waals surface area (Å²) in [4.78, 5) is 0. The van der Waals surface area contributed by atoms with Crippen LogP contribution in [0.15, 0.2) is 0 Å². The molecule has 0 fully saturated rings. The van der Waals surface area contributed by atoms with Crippen molar-refractivity contribution in [2.45, 2.75) is 25.7 Å². The number of hydrogen-bond donors (Lipinski definition) is 2. The third kappa shape index (κ3) is 4.67. The number of hydrogen-bond acceptors (Lipinski definition) is 3. The number of aliphatic hydroxyl groups is 1. The fourth-order valence-electron chi connectivity index (χ4n) is 0.517. The first kappa shape index (κ1) is 9.81. The summed E-state index contributed by atoms with van der Waals surface area (Å²) in [6, 6.07) is 0. The number of ether oxygens (including phenoxy) is 1. The highest BCUT2D eigenvalue weighted by atomic mass is 19.1. The molecule has 0 aromatic rings. The van der Waals surface area contributed by atoms with Crippen LogP contribution in [0.3, 0.4) is 0 Å². The molecular formula is C6H14FNO2. The largest absolute Gasteiger partial charge is 0.394 e. The maximum atomic E-state index is 11.6. The van der Waals surface area contributed by atoms with Crippen LogP contribution in [-0.2, 0) is 4.74 Å². The Morgan fingerprint density at radius 3 is 2.70 bits per heavy atom. The van der Waals surface area contributed by atoms with Gasteiger partial charge < -0.3 is 15.6 Å².